The average Bonchev–Trinajstić information content (AvgIpc) is 2.75. The van der Waals surface area contributed by atoms with Gasteiger partial charge in [-0.3, -0.25) is 0 Å². The molecule has 1 aliphatic rings. The highest BCUT2D eigenvalue weighted by Gasteiger charge is 2.61. The van der Waals surface area contributed by atoms with E-state index in [0.29, 0.717) is 0 Å². The minimum absolute atomic E-state index is 0.572. The molecule has 136 valence electrons. The summed E-state index contributed by atoms with van der Waals surface area (Å²) < 4.78 is 19.6. The number of benzene rings is 1. The fraction of sp³-hybridized carbons (Fsp3) is 0.667. The summed E-state index contributed by atoms with van der Waals surface area (Å²) in [4.78, 5) is 0. The number of ether oxygens (including phenoxy) is 1. The zero-order valence-corrected chi connectivity index (χ0v) is 18.8. The van der Waals surface area contributed by atoms with Crippen LogP contribution in [0.25, 0.3) is 0 Å². The van der Waals surface area contributed by atoms with E-state index >= 15 is 0 Å². The first-order valence-electron chi connectivity index (χ1n) is 8.65. The minimum atomic E-state index is -1.85. The van der Waals surface area contributed by atoms with Crippen LogP contribution in [-0.4, -0.2) is 29.5 Å². The standard InChI is InChI=1S/C18H31ClO3Si2/c1-20-18(22-24(5,6)7)14-8-13-17(18,21-23(2,3)4)15-9-11-16(19)12-10-15/h9-12H,8,13-14H2,1-7H3. The van der Waals surface area contributed by atoms with E-state index < -0.39 is 28.0 Å². The molecule has 0 amide bonds. The van der Waals surface area contributed by atoms with E-state index in [0.717, 1.165) is 29.8 Å². The van der Waals surface area contributed by atoms with Gasteiger partial charge in [0.15, 0.2) is 22.4 Å². The Balaban J connectivity index is 2.61. The molecule has 0 spiro atoms. The van der Waals surface area contributed by atoms with Crippen LogP contribution in [0.3, 0.4) is 0 Å². The molecule has 1 aromatic carbocycles. The molecular formula is C18H31ClO3Si2. The van der Waals surface area contributed by atoms with Gasteiger partial charge in [0.05, 0.1) is 0 Å². The predicted octanol–water partition coefficient (Wildman–Crippen LogP) is 5.76. The monoisotopic (exact) mass is 386 g/mol. The number of hydrogen-bond acceptors (Lipinski definition) is 3. The summed E-state index contributed by atoms with van der Waals surface area (Å²) in [5.74, 6) is -0.731. The lowest BCUT2D eigenvalue weighted by Crippen LogP contribution is -2.59. The number of halogens is 1. The highest BCUT2D eigenvalue weighted by molar-refractivity contribution is 6.70. The molecule has 2 unspecified atom stereocenters. The van der Waals surface area contributed by atoms with Crippen molar-refractivity contribution >= 4 is 28.2 Å². The van der Waals surface area contributed by atoms with Crippen molar-refractivity contribution in [3.05, 3.63) is 34.9 Å². The van der Waals surface area contributed by atoms with E-state index in [1.54, 1.807) is 7.11 Å². The van der Waals surface area contributed by atoms with Gasteiger partial charge in [-0.1, -0.05) is 23.7 Å². The molecular weight excluding hydrogens is 356 g/mol. The molecule has 2 atom stereocenters. The summed E-state index contributed by atoms with van der Waals surface area (Å²) >= 11 is 6.12. The zero-order valence-electron chi connectivity index (χ0n) is 16.0. The van der Waals surface area contributed by atoms with Gasteiger partial charge < -0.3 is 13.6 Å². The van der Waals surface area contributed by atoms with Crippen molar-refractivity contribution in [2.75, 3.05) is 7.11 Å². The summed E-state index contributed by atoms with van der Waals surface area (Å²) in [6, 6.07) is 7.99. The first kappa shape index (κ1) is 20.1. The third kappa shape index (κ3) is 4.14. The van der Waals surface area contributed by atoms with Crippen LogP contribution in [0.15, 0.2) is 24.3 Å². The van der Waals surface area contributed by atoms with E-state index in [4.69, 9.17) is 25.2 Å². The molecule has 6 heteroatoms. The van der Waals surface area contributed by atoms with Crippen molar-refractivity contribution in [2.45, 2.75) is 69.9 Å². The van der Waals surface area contributed by atoms with Crippen molar-refractivity contribution in [1.29, 1.82) is 0 Å². The number of rotatable bonds is 6. The Morgan fingerprint density at radius 1 is 0.875 bits per heavy atom. The van der Waals surface area contributed by atoms with Crippen LogP contribution in [0.4, 0.5) is 0 Å². The van der Waals surface area contributed by atoms with Gasteiger partial charge in [0.25, 0.3) is 0 Å². The maximum Gasteiger partial charge on any atom is 0.191 e. The third-order valence-corrected chi connectivity index (χ3v) is 6.40. The Bertz CT molecular complexity index is 565. The molecule has 0 saturated heterocycles. The lowest BCUT2D eigenvalue weighted by Gasteiger charge is -2.50. The van der Waals surface area contributed by atoms with Crippen molar-refractivity contribution in [1.82, 2.24) is 0 Å². The van der Waals surface area contributed by atoms with Crippen LogP contribution in [0.2, 0.25) is 44.3 Å². The van der Waals surface area contributed by atoms with Crippen molar-refractivity contribution in [3.63, 3.8) is 0 Å². The van der Waals surface area contributed by atoms with Crippen LogP contribution in [0, 0.1) is 0 Å². The maximum atomic E-state index is 6.83. The maximum absolute atomic E-state index is 6.83. The van der Waals surface area contributed by atoms with Crippen LogP contribution in [-0.2, 0) is 19.2 Å². The zero-order chi connectivity index (χ0) is 18.2. The Hall–Kier alpha value is -0.176. The van der Waals surface area contributed by atoms with Gasteiger partial charge in [-0.2, -0.15) is 0 Å². The second kappa shape index (κ2) is 6.85. The van der Waals surface area contributed by atoms with Gasteiger partial charge >= 0.3 is 0 Å². The largest absolute Gasteiger partial charge is 0.403 e. The summed E-state index contributed by atoms with van der Waals surface area (Å²) in [7, 11) is -1.93. The second-order valence-corrected chi connectivity index (χ2v) is 17.9. The third-order valence-electron chi connectivity index (χ3n) is 4.24. The quantitative estimate of drug-likeness (QED) is 0.459. The summed E-state index contributed by atoms with van der Waals surface area (Å²) in [6.45, 7) is 13.3. The fourth-order valence-corrected chi connectivity index (χ4v) is 6.58. The normalized spacial score (nSPS) is 28.3. The molecule has 0 bridgehead atoms. The van der Waals surface area contributed by atoms with Crippen LogP contribution < -0.4 is 0 Å². The minimum Gasteiger partial charge on any atom is -0.403 e. The molecule has 1 saturated carbocycles. The van der Waals surface area contributed by atoms with Gasteiger partial charge in [-0.05, 0) is 69.8 Å². The van der Waals surface area contributed by atoms with E-state index in [1.165, 1.54) is 0 Å². The second-order valence-electron chi connectivity index (χ2n) is 8.57. The Kier molecular flexibility index (Phi) is 5.75. The van der Waals surface area contributed by atoms with Crippen LogP contribution in [0.1, 0.15) is 24.8 Å². The smallest absolute Gasteiger partial charge is 0.191 e. The summed E-state index contributed by atoms with van der Waals surface area (Å²) in [5.41, 5.74) is 0.531. The molecule has 1 aliphatic carbocycles. The van der Waals surface area contributed by atoms with Crippen LogP contribution in [0.5, 0.6) is 0 Å². The molecule has 1 fully saturated rings. The molecule has 3 nitrogen and oxygen atoms in total. The lowest BCUT2D eigenvalue weighted by molar-refractivity contribution is -0.259. The van der Waals surface area contributed by atoms with Crippen LogP contribution >= 0.6 is 11.6 Å². The summed E-state index contributed by atoms with van der Waals surface area (Å²) in [6.07, 6.45) is 2.77. The van der Waals surface area contributed by atoms with Gasteiger partial charge in [0, 0.05) is 18.6 Å². The summed E-state index contributed by atoms with van der Waals surface area (Å²) in [5, 5.41) is 0.731. The Labute approximate surface area is 153 Å². The highest BCUT2D eigenvalue weighted by atomic mass is 35.5. The Morgan fingerprint density at radius 3 is 1.88 bits per heavy atom. The molecule has 0 radical (unpaired) electrons. The topological polar surface area (TPSA) is 27.7 Å². The molecule has 0 aliphatic heterocycles. The van der Waals surface area contributed by atoms with Gasteiger partial charge in [-0.15, -0.1) is 0 Å². The van der Waals surface area contributed by atoms with Crippen molar-refractivity contribution in [2.24, 2.45) is 0 Å². The van der Waals surface area contributed by atoms with Gasteiger partial charge in [-0.25, -0.2) is 0 Å². The molecule has 1 aromatic rings. The molecule has 24 heavy (non-hydrogen) atoms. The molecule has 2 rings (SSSR count). The molecule has 0 N–H and O–H groups in total. The van der Waals surface area contributed by atoms with Crippen molar-refractivity contribution < 1.29 is 13.6 Å². The average molecular weight is 387 g/mol. The van der Waals surface area contributed by atoms with Gasteiger partial charge in [0.2, 0.25) is 0 Å². The fourth-order valence-electron chi connectivity index (χ4n) is 3.69. The van der Waals surface area contributed by atoms with E-state index in [1.807, 2.05) is 12.1 Å². The molecule has 0 heterocycles. The molecule has 0 aromatic heterocycles. The lowest BCUT2D eigenvalue weighted by atomic mass is 9.87. The van der Waals surface area contributed by atoms with E-state index in [-0.39, 0.29) is 0 Å². The Morgan fingerprint density at radius 2 is 1.42 bits per heavy atom. The van der Waals surface area contributed by atoms with E-state index in [2.05, 4.69) is 51.4 Å². The highest BCUT2D eigenvalue weighted by Crippen LogP contribution is 2.54. The van der Waals surface area contributed by atoms with Crippen molar-refractivity contribution in [3.8, 4) is 0 Å². The number of hydrogen-bond donors (Lipinski definition) is 0. The predicted molar refractivity (Wildman–Crippen MR) is 106 cm³/mol. The number of methoxy groups -OCH3 is 1. The first-order chi connectivity index (χ1) is 10.9. The van der Waals surface area contributed by atoms with Gasteiger partial charge in [0.1, 0.15) is 5.60 Å². The van der Waals surface area contributed by atoms with E-state index in [9.17, 15) is 0 Å². The first-order valence-corrected chi connectivity index (χ1v) is 15.8. The SMILES string of the molecule is COC1(O[Si](C)(C)C)CCCC1(O[Si](C)(C)C)c1ccc(Cl)cc1.